The summed E-state index contributed by atoms with van der Waals surface area (Å²) in [6, 6.07) is 4.15. The number of hydrogen-bond donors (Lipinski definition) is 1. The first-order chi connectivity index (χ1) is 9.04. The molecule has 2 rings (SSSR count). The molecule has 19 heavy (non-hydrogen) atoms. The highest BCUT2D eigenvalue weighted by Crippen LogP contribution is 2.32. The van der Waals surface area contributed by atoms with Crippen LogP contribution in [0.15, 0.2) is 28.9 Å². The summed E-state index contributed by atoms with van der Waals surface area (Å²) in [5, 5.41) is 15.0. The molecule has 0 fully saturated rings. The molecule has 3 nitrogen and oxygen atoms in total. The number of rotatable bonds is 4. The molecule has 0 amide bonds. The van der Waals surface area contributed by atoms with Gasteiger partial charge in [0.05, 0.1) is 16.9 Å². The van der Waals surface area contributed by atoms with Crippen LogP contribution in [0.25, 0.3) is 0 Å². The molecular formula is C13H13BrClFN2O. The van der Waals surface area contributed by atoms with Gasteiger partial charge < -0.3 is 5.11 Å². The van der Waals surface area contributed by atoms with Crippen molar-refractivity contribution in [1.29, 1.82) is 0 Å². The minimum Gasteiger partial charge on any atom is -0.382 e. The fourth-order valence-electron chi connectivity index (χ4n) is 1.90. The molecule has 0 radical (unpaired) electrons. The van der Waals surface area contributed by atoms with Gasteiger partial charge in [0.2, 0.25) is 0 Å². The van der Waals surface area contributed by atoms with Gasteiger partial charge in [-0.25, -0.2) is 4.39 Å². The molecule has 0 aliphatic heterocycles. The van der Waals surface area contributed by atoms with Crippen LogP contribution < -0.4 is 0 Å². The Kier molecular flexibility index (Phi) is 4.60. The molecule has 1 aromatic heterocycles. The number of aliphatic hydroxyl groups excluding tert-OH is 1. The van der Waals surface area contributed by atoms with Crippen LogP contribution in [-0.2, 0) is 6.54 Å². The van der Waals surface area contributed by atoms with Crippen molar-refractivity contribution < 1.29 is 9.50 Å². The molecule has 1 aromatic carbocycles. The van der Waals surface area contributed by atoms with Crippen molar-refractivity contribution in [2.24, 2.45) is 0 Å². The SMILES string of the molecule is CCCn1ncc(Cl)c1C(O)c1ccc(F)cc1Br. The first kappa shape index (κ1) is 14.5. The molecule has 1 unspecified atom stereocenters. The Bertz CT molecular complexity index is 588. The van der Waals surface area contributed by atoms with Crippen molar-refractivity contribution >= 4 is 27.5 Å². The maximum Gasteiger partial charge on any atom is 0.124 e. The number of hydrogen-bond acceptors (Lipinski definition) is 2. The predicted molar refractivity (Wildman–Crippen MR) is 75.7 cm³/mol. The first-order valence-electron chi connectivity index (χ1n) is 5.88. The molecule has 0 spiro atoms. The smallest absolute Gasteiger partial charge is 0.124 e. The zero-order chi connectivity index (χ0) is 14.0. The Balaban J connectivity index is 2.43. The van der Waals surface area contributed by atoms with Crippen molar-refractivity contribution in [1.82, 2.24) is 9.78 Å². The predicted octanol–water partition coefficient (Wildman–Crippen LogP) is 3.93. The van der Waals surface area contributed by atoms with Gasteiger partial charge in [0.15, 0.2) is 0 Å². The monoisotopic (exact) mass is 346 g/mol. The van der Waals surface area contributed by atoms with Gasteiger partial charge in [-0.15, -0.1) is 0 Å². The molecule has 0 saturated heterocycles. The van der Waals surface area contributed by atoms with Gasteiger partial charge in [-0.3, -0.25) is 4.68 Å². The van der Waals surface area contributed by atoms with E-state index in [1.807, 2.05) is 6.92 Å². The van der Waals surface area contributed by atoms with Crippen LogP contribution in [0.5, 0.6) is 0 Å². The Labute approximate surface area is 124 Å². The fraction of sp³-hybridized carbons (Fsp3) is 0.308. The number of aromatic nitrogens is 2. The zero-order valence-corrected chi connectivity index (χ0v) is 12.6. The minimum absolute atomic E-state index is 0.365. The molecule has 6 heteroatoms. The molecule has 0 saturated carbocycles. The van der Waals surface area contributed by atoms with Crippen LogP contribution in [0.1, 0.15) is 30.7 Å². The van der Waals surface area contributed by atoms with E-state index in [2.05, 4.69) is 21.0 Å². The zero-order valence-electron chi connectivity index (χ0n) is 10.3. The summed E-state index contributed by atoms with van der Waals surface area (Å²) < 4.78 is 15.2. The Morgan fingerprint density at radius 3 is 2.89 bits per heavy atom. The van der Waals surface area contributed by atoms with Crippen LogP contribution in [0.4, 0.5) is 4.39 Å². The van der Waals surface area contributed by atoms with E-state index in [4.69, 9.17) is 11.6 Å². The van der Waals surface area contributed by atoms with Gasteiger partial charge in [0, 0.05) is 16.6 Å². The van der Waals surface area contributed by atoms with E-state index < -0.39 is 6.10 Å². The van der Waals surface area contributed by atoms with Crippen molar-refractivity contribution in [3.63, 3.8) is 0 Å². The minimum atomic E-state index is -0.948. The van der Waals surface area contributed by atoms with Crippen LogP contribution >= 0.6 is 27.5 Å². The van der Waals surface area contributed by atoms with Crippen LogP contribution in [0, 0.1) is 5.82 Å². The lowest BCUT2D eigenvalue weighted by molar-refractivity contribution is 0.206. The second-order valence-corrected chi connectivity index (χ2v) is 5.43. The summed E-state index contributed by atoms with van der Waals surface area (Å²) in [4.78, 5) is 0. The number of benzene rings is 1. The summed E-state index contributed by atoms with van der Waals surface area (Å²) in [6.45, 7) is 2.68. The van der Waals surface area contributed by atoms with Crippen molar-refractivity contribution in [3.8, 4) is 0 Å². The number of nitrogens with zero attached hydrogens (tertiary/aromatic N) is 2. The quantitative estimate of drug-likeness (QED) is 0.910. The lowest BCUT2D eigenvalue weighted by atomic mass is 10.1. The van der Waals surface area contributed by atoms with Gasteiger partial charge in [-0.1, -0.05) is 40.5 Å². The molecule has 1 N–H and O–H groups in total. The summed E-state index contributed by atoms with van der Waals surface area (Å²) in [5.74, 6) is -0.365. The maximum absolute atomic E-state index is 13.1. The van der Waals surface area contributed by atoms with Crippen LogP contribution in [-0.4, -0.2) is 14.9 Å². The van der Waals surface area contributed by atoms with E-state index >= 15 is 0 Å². The van der Waals surface area contributed by atoms with Crippen molar-refractivity contribution in [2.75, 3.05) is 0 Å². The molecular weight excluding hydrogens is 335 g/mol. The summed E-state index contributed by atoms with van der Waals surface area (Å²) in [7, 11) is 0. The lowest BCUT2D eigenvalue weighted by Gasteiger charge is -2.15. The average Bonchev–Trinajstić information content (AvgIpc) is 2.70. The second kappa shape index (κ2) is 6.03. The molecule has 1 atom stereocenters. The Hall–Kier alpha value is -0.910. The highest BCUT2D eigenvalue weighted by molar-refractivity contribution is 9.10. The Morgan fingerprint density at radius 2 is 2.26 bits per heavy atom. The third kappa shape index (κ3) is 2.99. The molecule has 1 heterocycles. The standard InChI is InChI=1S/C13H13BrClFN2O/c1-2-5-18-12(11(15)7-17-18)13(19)9-4-3-8(16)6-10(9)14/h3-4,6-7,13,19H,2,5H2,1H3. The van der Waals surface area contributed by atoms with Crippen LogP contribution in [0.2, 0.25) is 5.02 Å². The normalized spacial score (nSPS) is 12.7. The highest BCUT2D eigenvalue weighted by Gasteiger charge is 2.21. The number of halogens is 3. The van der Waals surface area contributed by atoms with E-state index in [1.54, 1.807) is 4.68 Å². The Morgan fingerprint density at radius 1 is 1.53 bits per heavy atom. The summed E-state index contributed by atoms with van der Waals surface area (Å²) >= 11 is 9.32. The molecule has 102 valence electrons. The van der Waals surface area contributed by atoms with E-state index in [-0.39, 0.29) is 5.82 Å². The van der Waals surface area contributed by atoms with Crippen molar-refractivity contribution in [3.05, 3.63) is 51.0 Å². The number of aliphatic hydroxyl groups is 1. The van der Waals surface area contributed by atoms with E-state index in [1.165, 1.54) is 24.4 Å². The van der Waals surface area contributed by atoms with E-state index in [9.17, 15) is 9.50 Å². The molecule has 0 bridgehead atoms. The van der Waals surface area contributed by atoms with Gasteiger partial charge >= 0.3 is 0 Å². The summed E-state index contributed by atoms with van der Waals surface area (Å²) in [5.41, 5.74) is 1.08. The van der Waals surface area contributed by atoms with Gasteiger partial charge in [-0.2, -0.15) is 5.10 Å². The van der Waals surface area contributed by atoms with E-state index in [0.717, 1.165) is 6.42 Å². The van der Waals surface area contributed by atoms with Crippen molar-refractivity contribution in [2.45, 2.75) is 26.0 Å². The topological polar surface area (TPSA) is 38.0 Å². The van der Waals surface area contributed by atoms with Gasteiger partial charge in [-0.05, 0) is 18.6 Å². The highest BCUT2D eigenvalue weighted by atomic mass is 79.9. The fourth-order valence-corrected chi connectivity index (χ4v) is 2.72. The summed E-state index contributed by atoms with van der Waals surface area (Å²) in [6.07, 6.45) is 1.44. The first-order valence-corrected chi connectivity index (χ1v) is 7.06. The van der Waals surface area contributed by atoms with Gasteiger partial charge in [0.25, 0.3) is 0 Å². The van der Waals surface area contributed by atoms with Gasteiger partial charge in [0.1, 0.15) is 11.9 Å². The largest absolute Gasteiger partial charge is 0.382 e. The lowest BCUT2D eigenvalue weighted by Crippen LogP contribution is -2.11. The van der Waals surface area contributed by atoms with E-state index in [0.29, 0.717) is 27.3 Å². The molecule has 2 aromatic rings. The second-order valence-electron chi connectivity index (χ2n) is 4.17. The number of aryl methyl sites for hydroxylation is 1. The maximum atomic E-state index is 13.1. The van der Waals surface area contributed by atoms with Crippen LogP contribution in [0.3, 0.4) is 0 Å². The third-order valence-electron chi connectivity index (χ3n) is 2.78. The molecule has 0 aliphatic rings. The molecule has 0 aliphatic carbocycles. The third-order valence-corrected chi connectivity index (χ3v) is 3.76. The average molecular weight is 348 g/mol.